The van der Waals surface area contributed by atoms with Crippen molar-refractivity contribution in [1.82, 2.24) is 0 Å². The molecule has 4 aromatic rings. The molecule has 40 heavy (non-hydrogen) atoms. The van der Waals surface area contributed by atoms with E-state index in [1.54, 1.807) is 24.3 Å². The SMILES string of the molecule is CC(c1ccc(O)c(CC(=O)c2cccc(N)c2)c1)(c1ccc(O)c(CC(=O)c2cccc(N)c2)c1)C(F)(F)F. The molecule has 0 saturated heterocycles. The lowest BCUT2D eigenvalue weighted by Gasteiger charge is -2.34. The lowest BCUT2D eigenvalue weighted by atomic mass is 9.74. The van der Waals surface area contributed by atoms with Gasteiger partial charge in [-0.1, -0.05) is 48.5 Å². The van der Waals surface area contributed by atoms with Crippen LogP contribution in [0.1, 0.15) is 49.9 Å². The highest BCUT2D eigenvalue weighted by Gasteiger charge is 2.53. The van der Waals surface area contributed by atoms with Crippen molar-refractivity contribution in [3.63, 3.8) is 0 Å². The van der Waals surface area contributed by atoms with Crippen molar-refractivity contribution >= 4 is 22.9 Å². The van der Waals surface area contributed by atoms with Gasteiger partial charge in [0, 0.05) is 46.5 Å². The second kappa shape index (κ2) is 10.8. The molecule has 0 heterocycles. The molecule has 6 N–H and O–H groups in total. The quantitative estimate of drug-likeness (QED) is 0.158. The molecule has 0 radical (unpaired) electrons. The number of Topliss-reactive ketones (excluding diaryl/α,β-unsaturated/α-hetero) is 2. The molecule has 4 rings (SSSR count). The van der Waals surface area contributed by atoms with Crippen LogP contribution in [0.4, 0.5) is 24.5 Å². The molecule has 0 unspecified atom stereocenters. The Morgan fingerprint density at radius 2 is 1.07 bits per heavy atom. The third-order valence-electron chi connectivity index (χ3n) is 7.00. The maximum absolute atomic E-state index is 14.8. The highest BCUT2D eigenvalue weighted by molar-refractivity contribution is 5.99. The normalized spacial score (nSPS) is 11.8. The van der Waals surface area contributed by atoms with E-state index in [-0.39, 0.29) is 57.7 Å². The van der Waals surface area contributed by atoms with Crippen LogP contribution in [0.3, 0.4) is 0 Å². The summed E-state index contributed by atoms with van der Waals surface area (Å²) in [7, 11) is 0. The average molecular weight is 549 g/mol. The van der Waals surface area contributed by atoms with Gasteiger partial charge in [-0.15, -0.1) is 0 Å². The predicted molar refractivity (Wildman–Crippen MR) is 147 cm³/mol. The van der Waals surface area contributed by atoms with Crippen LogP contribution in [0.25, 0.3) is 0 Å². The van der Waals surface area contributed by atoms with Gasteiger partial charge in [0.1, 0.15) is 16.9 Å². The van der Waals surface area contributed by atoms with E-state index < -0.39 is 23.2 Å². The van der Waals surface area contributed by atoms with E-state index in [4.69, 9.17) is 11.5 Å². The Bertz CT molecular complexity index is 1490. The Balaban J connectivity index is 1.73. The fourth-order valence-corrected chi connectivity index (χ4v) is 4.54. The summed E-state index contributed by atoms with van der Waals surface area (Å²) in [4.78, 5) is 25.6. The topological polar surface area (TPSA) is 127 Å². The Morgan fingerprint density at radius 1 is 0.675 bits per heavy atom. The van der Waals surface area contributed by atoms with Crippen LogP contribution < -0.4 is 11.5 Å². The number of benzene rings is 4. The molecule has 0 aromatic heterocycles. The van der Waals surface area contributed by atoms with Gasteiger partial charge in [0.25, 0.3) is 0 Å². The van der Waals surface area contributed by atoms with E-state index in [1.165, 1.54) is 24.3 Å². The molecule has 9 heteroatoms. The monoisotopic (exact) mass is 548 g/mol. The number of phenols is 2. The van der Waals surface area contributed by atoms with Gasteiger partial charge in [0.05, 0.1) is 0 Å². The molecule has 0 aliphatic carbocycles. The third kappa shape index (κ3) is 5.63. The minimum atomic E-state index is -4.83. The molecular weight excluding hydrogens is 521 g/mol. The van der Waals surface area contributed by atoms with E-state index in [0.29, 0.717) is 11.4 Å². The van der Waals surface area contributed by atoms with Crippen molar-refractivity contribution in [2.75, 3.05) is 11.5 Å². The summed E-state index contributed by atoms with van der Waals surface area (Å²) in [5, 5.41) is 20.8. The van der Waals surface area contributed by atoms with Crippen LogP contribution >= 0.6 is 0 Å². The first-order valence-electron chi connectivity index (χ1n) is 12.3. The number of alkyl halides is 3. The average Bonchev–Trinajstić information content (AvgIpc) is 2.90. The first kappa shape index (κ1) is 28.2. The Kier molecular flexibility index (Phi) is 7.59. The number of nitrogen functional groups attached to an aromatic ring is 2. The molecule has 0 spiro atoms. The van der Waals surface area contributed by atoms with Crippen molar-refractivity contribution in [3.8, 4) is 11.5 Å². The van der Waals surface area contributed by atoms with Crippen LogP contribution in [0.5, 0.6) is 11.5 Å². The molecule has 0 atom stereocenters. The molecule has 0 aliphatic rings. The van der Waals surface area contributed by atoms with Crippen LogP contribution in [-0.2, 0) is 18.3 Å². The number of anilines is 2. The Labute approximate surface area is 228 Å². The van der Waals surface area contributed by atoms with E-state index in [1.807, 2.05) is 0 Å². The Hall–Kier alpha value is -4.79. The maximum Gasteiger partial charge on any atom is 0.402 e. The van der Waals surface area contributed by atoms with Crippen LogP contribution in [0.15, 0.2) is 84.9 Å². The summed E-state index contributed by atoms with van der Waals surface area (Å²) in [6, 6.07) is 19.1. The van der Waals surface area contributed by atoms with Gasteiger partial charge in [0.2, 0.25) is 0 Å². The number of phenolic OH excluding ortho intramolecular Hbond substituents is 2. The van der Waals surface area contributed by atoms with Crippen molar-refractivity contribution in [2.45, 2.75) is 31.4 Å². The number of nitrogens with two attached hydrogens (primary N) is 2. The number of rotatable bonds is 8. The first-order chi connectivity index (χ1) is 18.8. The number of aromatic hydroxyl groups is 2. The Morgan fingerprint density at radius 3 is 1.43 bits per heavy atom. The number of halogens is 3. The minimum Gasteiger partial charge on any atom is -0.508 e. The molecule has 6 nitrogen and oxygen atoms in total. The number of hydrogen-bond donors (Lipinski definition) is 4. The molecular formula is C31H27F3N2O4. The van der Waals surface area contributed by atoms with Gasteiger partial charge in [-0.25, -0.2) is 0 Å². The van der Waals surface area contributed by atoms with Gasteiger partial charge < -0.3 is 21.7 Å². The fourth-order valence-electron chi connectivity index (χ4n) is 4.54. The number of carbonyl (C=O) groups excluding carboxylic acids is 2. The van der Waals surface area contributed by atoms with Crippen molar-refractivity contribution in [3.05, 3.63) is 118 Å². The molecule has 0 fully saturated rings. The number of carbonyl (C=O) groups is 2. The summed E-state index contributed by atoms with van der Waals surface area (Å²) in [6.45, 7) is 0.971. The van der Waals surface area contributed by atoms with E-state index in [0.717, 1.165) is 43.3 Å². The summed E-state index contributed by atoms with van der Waals surface area (Å²) in [6.07, 6.45) is -5.54. The van der Waals surface area contributed by atoms with Crippen LogP contribution in [-0.4, -0.2) is 28.0 Å². The summed E-state index contributed by atoms with van der Waals surface area (Å²) < 4.78 is 44.4. The zero-order chi connectivity index (χ0) is 29.2. The molecule has 0 amide bonds. The van der Waals surface area contributed by atoms with E-state index >= 15 is 0 Å². The largest absolute Gasteiger partial charge is 0.508 e. The van der Waals surface area contributed by atoms with Gasteiger partial charge in [0.15, 0.2) is 11.6 Å². The second-order valence-corrected chi connectivity index (χ2v) is 9.76. The molecule has 206 valence electrons. The van der Waals surface area contributed by atoms with Crippen LogP contribution in [0.2, 0.25) is 0 Å². The van der Waals surface area contributed by atoms with Gasteiger partial charge in [-0.2, -0.15) is 13.2 Å². The summed E-state index contributed by atoms with van der Waals surface area (Å²) >= 11 is 0. The van der Waals surface area contributed by atoms with Gasteiger partial charge in [-0.05, 0) is 54.4 Å². The van der Waals surface area contributed by atoms with Crippen molar-refractivity contribution in [2.24, 2.45) is 0 Å². The number of hydrogen-bond acceptors (Lipinski definition) is 6. The third-order valence-corrected chi connectivity index (χ3v) is 7.00. The standard InChI is InChI=1S/C31H27F3N2O4/c1-30(31(32,33)34,22-8-10-26(37)20(12-22)16-28(39)18-4-2-6-24(35)14-18)23-9-11-27(38)21(13-23)17-29(40)19-5-3-7-25(36)15-19/h2-15,37-38H,16-17,35-36H2,1H3. The molecule has 0 bridgehead atoms. The summed E-state index contributed by atoms with van der Waals surface area (Å²) in [5.74, 6) is -1.52. The highest BCUT2D eigenvalue weighted by atomic mass is 19.4. The van der Waals surface area contributed by atoms with E-state index in [2.05, 4.69) is 0 Å². The number of ketones is 2. The van der Waals surface area contributed by atoms with Crippen molar-refractivity contribution in [1.29, 1.82) is 0 Å². The second-order valence-electron chi connectivity index (χ2n) is 9.76. The zero-order valence-electron chi connectivity index (χ0n) is 21.5. The molecule has 4 aromatic carbocycles. The van der Waals surface area contributed by atoms with Gasteiger partial charge in [-0.3, -0.25) is 9.59 Å². The minimum absolute atomic E-state index is 0.0104. The molecule has 0 saturated carbocycles. The first-order valence-corrected chi connectivity index (χ1v) is 12.3. The zero-order valence-corrected chi connectivity index (χ0v) is 21.5. The van der Waals surface area contributed by atoms with E-state index in [9.17, 15) is 33.0 Å². The summed E-state index contributed by atoms with van der Waals surface area (Å²) in [5.41, 5.74) is 9.64. The fraction of sp³-hybridized carbons (Fsp3) is 0.161. The maximum atomic E-state index is 14.8. The predicted octanol–water partition coefficient (Wildman–Crippen LogP) is 5.98. The smallest absolute Gasteiger partial charge is 0.402 e. The highest BCUT2D eigenvalue weighted by Crippen LogP contribution is 2.47. The van der Waals surface area contributed by atoms with Crippen molar-refractivity contribution < 1.29 is 33.0 Å². The molecule has 0 aliphatic heterocycles. The lowest BCUT2D eigenvalue weighted by Crippen LogP contribution is -2.40. The lowest BCUT2D eigenvalue weighted by molar-refractivity contribution is -0.173. The van der Waals surface area contributed by atoms with Crippen LogP contribution in [0, 0.1) is 0 Å². The van der Waals surface area contributed by atoms with Gasteiger partial charge >= 0.3 is 6.18 Å².